The van der Waals surface area contributed by atoms with E-state index in [0.717, 1.165) is 0 Å². The molecule has 1 N–H and O–H groups in total. The smallest absolute Gasteiger partial charge is 0.237 e. The lowest BCUT2D eigenvalue weighted by Gasteiger charge is -2.12. The first-order valence-corrected chi connectivity index (χ1v) is 7.45. The number of rotatable bonds is 4. The van der Waals surface area contributed by atoms with Gasteiger partial charge in [0.25, 0.3) is 0 Å². The molecule has 0 aliphatic carbocycles. The molecule has 1 atom stereocenters. The van der Waals surface area contributed by atoms with Crippen LogP contribution in [-0.4, -0.2) is 27.0 Å². The Labute approximate surface area is 121 Å². The van der Waals surface area contributed by atoms with Crippen molar-refractivity contribution in [3.05, 3.63) is 42.2 Å². The van der Waals surface area contributed by atoms with Gasteiger partial charge < -0.3 is 9.88 Å². The normalized spacial score (nSPS) is 12.2. The molecule has 0 spiro atoms. The predicted octanol–water partition coefficient (Wildman–Crippen LogP) is 3.01. The minimum absolute atomic E-state index is 0.136. The van der Waals surface area contributed by atoms with Crippen molar-refractivity contribution < 1.29 is 9.18 Å². The number of aryl methyl sites for hydroxylation is 1. The summed E-state index contributed by atoms with van der Waals surface area (Å²) in [5, 5.41) is 2.52. The average molecular weight is 293 g/mol. The van der Waals surface area contributed by atoms with Crippen molar-refractivity contribution in [3.63, 3.8) is 0 Å². The molecule has 0 saturated heterocycles. The van der Waals surface area contributed by atoms with Crippen LogP contribution < -0.4 is 5.32 Å². The van der Waals surface area contributed by atoms with E-state index in [1.807, 2.05) is 6.26 Å². The van der Waals surface area contributed by atoms with Crippen LogP contribution in [0.5, 0.6) is 0 Å². The third kappa shape index (κ3) is 3.01. The number of amides is 1. The van der Waals surface area contributed by atoms with Crippen molar-refractivity contribution >= 4 is 23.4 Å². The van der Waals surface area contributed by atoms with E-state index >= 15 is 0 Å². The van der Waals surface area contributed by atoms with Gasteiger partial charge in [-0.15, -0.1) is 0 Å². The van der Waals surface area contributed by atoms with Gasteiger partial charge in [-0.3, -0.25) is 4.79 Å². The molecule has 4 nitrogen and oxygen atoms in total. The van der Waals surface area contributed by atoms with Gasteiger partial charge in [0.1, 0.15) is 11.6 Å². The summed E-state index contributed by atoms with van der Waals surface area (Å²) in [6, 6.07) is 4.63. The maximum absolute atomic E-state index is 14.1. The van der Waals surface area contributed by atoms with Crippen LogP contribution in [0.15, 0.2) is 30.6 Å². The molecule has 6 heteroatoms. The first kappa shape index (κ1) is 14.6. The molecule has 2 aromatic rings. The SMILES string of the molecule is CS[C@H](C)C(=O)Nc1ccc(-n2ccnc2C)c(F)c1. The Balaban J connectivity index is 2.23. The molecule has 0 fully saturated rings. The summed E-state index contributed by atoms with van der Waals surface area (Å²) < 4.78 is 15.8. The van der Waals surface area contributed by atoms with E-state index in [-0.39, 0.29) is 11.2 Å². The molecular formula is C14H16FN3OS. The Morgan fingerprint density at radius 2 is 2.25 bits per heavy atom. The quantitative estimate of drug-likeness (QED) is 0.942. The van der Waals surface area contributed by atoms with Crippen LogP contribution in [-0.2, 0) is 4.79 Å². The number of aromatic nitrogens is 2. The number of thioether (sulfide) groups is 1. The van der Waals surface area contributed by atoms with E-state index in [2.05, 4.69) is 10.3 Å². The summed E-state index contributed by atoms with van der Waals surface area (Å²) in [6.45, 7) is 3.61. The van der Waals surface area contributed by atoms with Crippen molar-refractivity contribution in [1.29, 1.82) is 0 Å². The van der Waals surface area contributed by atoms with Crippen LogP contribution in [0.1, 0.15) is 12.7 Å². The van der Waals surface area contributed by atoms with Gasteiger partial charge in [0, 0.05) is 18.1 Å². The highest BCUT2D eigenvalue weighted by molar-refractivity contribution is 7.99. The molecule has 2 rings (SSSR count). The summed E-state index contributed by atoms with van der Waals surface area (Å²) in [6.07, 6.45) is 5.17. The zero-order valence-corrected chi connectivity index (χ0v) is 12.4. The second-order valence-electron chi connectivity index (χ2n) is 4.38. The number of benzene rings is 1. The number of nitrogens with one attached hydrogen (secondary N) is 1. The Morgan fingerprint density at radius 1 is 1.50 bits per heavy atom. The maximum Gasteiger partial charge on any atom is 0.237 e. The summed E-state index contributed by atoms with van der Waals surface area (Å²) in [5.74, 6) is 0.167. The topological polar surface area (TPSA) is 46.9 Å². The van der Waals surface area contributed by atoms with E-state index in [4.69, 9.17) is 0 Å². The molecule has 0 aliphatic heterocycles. The number of carbonyl (C=O) groups excluding carboxylic acids is 1. The second kappa shape index (κ2) is 6.09. The highest BCUT2D eigenvalue weighted by atomic mass is 32.2. The van der Waals surface area contributed by atoms with Crippen molar-refractivity contribution in [2.75, 3.05) is 11.6 Å². The summed E-state index contributed by atoms with van der Waals surface area (Å²) >= 11 is 1.44. The molecule has 1 aromatic carbocycles. The Bertz CT molecular complexity index is 627. The third-order valence-electron chi connectivity index (χ3n) is 3.02. The van der Waals surface area contributed by atoms with Crippen LogP contribution in [0, 0.1) is 12.7 Å². The van der Waals surface area contributed by atoms with Crippen molar-refractivity contribution in [1.82, 2.24) is 9.55 Å². The van der Waals surface area contributed by atoms with Gasteiger partial charge in [0.15, 0.2) is 0 Å². The standard InChI is InChI=1S/C14H16FN3OS/c1-9(20-3)14(19)17-11-4-5-13(12(15)8-11)18-7-6-16-10(18)2/h4-9H,1-3H3,(H,17,19)/t9-/m1/s1. The van der Waals surface area contributed by atoms with Crippen molar-refractivity contribution in [3.8, 4) is 5.69 Å². The zero-order valence-electron chi connectivity index (χ0n) is 11.6. The molecule has 106 valence electrons. The molecule has 0 radical (unpaired) electrons. The Hall–Kier alpha value is -1.82. The monoisotopic (exact) mass is 293 g/mol. The Kier molecular flexibility index (Phi) is 4.44. The number of nitrogens with zero attached hydrogens (tertiary/aromatic N) is 2. The summed E-state index contributed by atoms with van der Waals surface area (Å²) in [7, 11) is 0. The molecule has 0 bridgehead atoms. The highest BCUT2D eigenvalue weighted by Gasteiger charge is 2.13. The van der Waals surface area contributed by atoms with E-state index in [1.54, 1.807) is 42.9 Å². The lowest BCUT2D eigenvalue weighted by Crippen LogP contribution is -2.22. The van der Waals surface area contributed by atoms with Gasteiger partial charge >= 0.3 is 0 Å². The molecule has 0 saturated carbocycles. The van der Waals surface area contributed by atoms with E-state index in [0.29, 0.717) is 17.2 Å². The van der Waals surface area contributed by atoms with Crippen LogP contribution in [0.4, 0.5) is 10.1 Å². The van der Waals surface area contributed by atoms with Crippen LogP contribution in [0.25, 0.3) is 5.69 Å². The van der Waals surface area contributed by atoms with Gasteiger partial charge in [0.05, 0.1) is 10.9 Å². The minimum Gasteiger partial charge on any atom is -0.325 e. The number of imidazole rings is 1. The van der Waals surface area contributed by atoms with Gasteiger partial charge in [-0.25, -0.2) is 9.37 Å². The zero-order chi connectivity index (χ0) is 14.7. The predicted molar refractivity (Wildman–Crippen MR) is 79.9 cm³/mol. The second-order valence-corrected chi connectivity index (χ2v) is 5.56. The third-order valence-corrected chi connectivity index (χ3v) is 3.94. The van der Waals surface area contributed by atoms with Crippen LogP contribution >= 0.6 is 11.8 Å². The van der Waals surface area contributed by atoms with E-state index in [1.165, 1.54) is 17.8 Å². The number of halogens is 1. The van der Waals surface area contributed by atoms with Gasteiger partial charge in [-0.05, 0) is 38.3 Å². The minimum atomic E-state index is -0.402. The van der Waals surface area contributed by atoms with E-state index in [9.17, 15) is 9.18 Å². The molecule has 20 heavy (non-hydrogen) atoms. The Morgan fingerprint density at radius 3 is 2.80 bits per heavy atom. The lowest BCUT2D eigenvalue weighted by molar-refractivity contribution is -0.115. The highest BCUT2D eigenvalue weighted by Crippen LogP contribution is 2.20. The van der Waals surface area contributed by atoms with Gasteiger partial charge in [0.2, 0.25) is 5.91 Å². The molecular weight excluding hydrogens is 277 g/mol. The largest absolute Gasteiger partial charge is 0.325 e. The molecule has 1 heterocycles. The number of anilines is 1. The number of hydrogen-bond acceptors (Lipinski definition) is 3. The number of hydrogen-bond donors (Lipinski definition) is 1. The fourth-order valence-corrected chi connectivity index (χ4v) is 2.04. The van der Waals surface area contributed by atoms with E-state index < -0.39 is 5.82 Å². The van der Waals surface area contributed by atoms with Crippen LogP contribution in [0.2, 0.25) is 0 Å². The first-order chi connectivity index (χ1) is 9.52. The summed E-state index contributed by atoms with van der Waals surface area (Å²) in [5.41, 5.74) is 0.867. The first-order valence-electron chi connectivity index (χ1n) is 6.16. The summed E-state index contributed by atoms with van der Waals surface area (Å²) in [4.78, 5) is 15.8. The van der Waals surface area contributed by atoms with Crippen molar-refractivity contribution in [2.45, 2.75) is 19.1 Å². The number of carbonyl (C=O) groups is 1. The molecule has 1 amide bonds. The van der Waals surface area contributed by atoms with Crippen molar-refractivity contribution in [2.24, 2.45) is 0 Å². The molecule has 1 aromatic heterocycles. The average Bonchev–Trinajstić information content (AvgIpc) is 2.84. The van der Waals surface area contributed by atoms with Gasteiger partial charge in [-0.1, -0.05) is 0 Å². The molecule has 0 unspecified atom stereocenters. The lowest BCUT2D eigenvalue weighted by atomic mass is 10.2. The van der Waals surface area contributed by atoms with Gasteiger partial charge in [-0.2, -0.15) is 11.8 Å². The fourth-order valence-electron chi connectivity index (χ4n) is 1.76. The fraction of sp³-hybridized carbons (Fsp3) is 0.286. The maximum atomic E-state index is 14.1. The van der Waals surface area contributed by atoms with Crippen LogP contribution in [0.3, 0.4) is 0 Å². The molecule has 0 aliphatic rings.